The highest BCUT2D eigenvalue weighted by molar-refractivity contribution is 6.48. The lowest BCUT2D eigenvalue weighted by atomic mass is 10.2. The minimum atomic E-state index is 0.147. The summed E-state index contributed by atoms with van der Waals surface area (Å²) in [5, 5.41) is 13.7. The Bertz CT molecular complexity index is 948. The number of anilines is 1. The Balaban J connectivity index is 1.93. The zero-order valence-corrected chi connectivity index (χ0v) is 20.1. The Morgan fingerprint density at radius 2 is 1.68 bits per heavy atom. The van der Waals surface area contributed by atoms with Crippen molar-refractivity contribution in [2.75, 3.05) is 31.1 Å². The molecule has 0 aromatic carbocycles. The number of fused-ring (bicyclic) bond motifs is 1. The van der Waals surface area contributed by atoms with E-state index in [1.807, 2.05) is 30.7 Å². The third-order valence-electron chi connectivity index (χ3n) is 5.78. The van der Waals surface area contributed by atoms with Gasteiger partial charge in [-0.05, 0) is 72.7 Å². The molecule has 0 bridgehead atoms. The maximum Gasteiger partial charge on any atom is 0.205 e. The monoisotopic (exact) mass is 424 g/mol. The lowest BCUT2D eigenvalue weighted by molar-refractivity contribution is 0.200. The van der Waals surface area contributed by atoms with Crippen molar-refractivity contribution in [3.05, 3.63) is 29.5 Å². The number of nitrogens with zero attached hydrogens (tertiary/aromatic N) is 8. The van der Waals surface area contributed by atoms with E-state index in [0.717, 1.165) is 73.5 Å². The number of aromatic nitrogens is 4. The fourth-order valence-electron chi connectivity index (χ4n) is 4.03. The summed E-state index contributed by atoms with van der Waals surface area (Å²) in [6, 6.07) is 4.21. The van der Waals surface area contributed by atoms with Crippen LogP contribution in [0.25, 0.3) is 0 Å². The fraction of sp³-hybridized carbons (Fsp3) is 0.609. The Morgan fingerprint density at radius 3 is 2.26 bits per heavy atom. The predicted octanol–water partition coefficient (Wildman–Crippen LogP) is 4.37. The smallest absolute Gasteiger partial charge is 0.205 e. The molecule has 2 aromatic heterocycles. The van der Waals surface area contributed by atoms with Crippen molar-refractivity contribution in [1.29, 1.82) is 0 Å². The molecule has 0 spiro atoms. The lowest BCUT2D eigenvalue weighted by Gasteiger charge is -2.27. The van der Waals surface area contributed by atoms with Gasteiger partial charge in [0.25, 0.3) is 0 Å². The number of aliphatic imine (C=N–C) groups is 1. The second kappa shape index (κ2) is 10.1. The van der Waals surface area contributed by atoms with Crippen molar-refractivity contribution >= 4 is 22.9 Å². The van der Waals surface area contributed by atoms with Crippen molar-refractivity contribution in [3.8, 4) is 0 Å². The summed E-state index contributed by atoms with van der Waals surface area (Å²) in [5.41, 5.74) is 3.35. The Morgan fingerprint density at radius 1 is 1.00 bits per heavy atom. The molecule has 1 aliphatic heterocycles. The van der Waals surface area contributed by atoms with Crippen molar-refractivity contribution in [3.63, 3.8) is 0 Å². The average molecular weight is 425 g/mol. The molecule has 1 atom stereocenters. The van der Waals surface area contributed by atoms with Crippen LogP contribution in [0, 0.1) is 6.92 Å². The number of hydrogen-bond acceptors (Lipinski definition) is 7. The van der Waals surface area contributed by atoms with Crippen LogP contribution in [0.3, 0.4) is 0 Å². The van der Waals surface area contributed by atoms with Gasteiger partial charge in [0.2, 0.25) is 5.82 Å². The van der Waals surface area contributed by atoms with Gasteiger partial charge in [-0.15, -0.1) is 10.2 Å². The van der Waals surface area contributed by atoms with Crippen LogP contribution < -0.4 is 4.90 Å². The van der Waals surface area contributed by atoms with Gasteiger partial charge >= 0.3 is 0 Å². The van der Waals surface area contributed by atoms with Crippen LogP contribution in [0.2, 0.25) is 0 Å². The van der Waals surface area contributed by atoms with E-state index >= 15 is 0 Å². The molecule has 0 amide bonds. The molecule has 0 radical (unpaired) electrons. The first kappa shape index (κ1) is 23.1. The Hall–Kier alpha value is -2.61. The van der Waals surface area contributed by atoms with E-state index in [2.05, 4.69) is 54.6 Å². The molecule has 0 saturated heterocycles. The molecule has 1 aliphatic rings. The van der Waals surface area contributed by atoms with Crippen molar-refractivity contribution < 1.29 is 0 Å². The second-order valence-electron chi connectivity index (χ2n) is 8.00. The molecule has 0 aliphatic carbocycles. The number of rotatable bonds is 10. The molecule has 0 fully saturated rings. The SMILES string of the molecule is CCCN(CCC)C(C)c1nnc2n1N=C(C)C2=Nc1ccc(N(CC)CC)nc1C. The van der Waals surface area contributed by atoms with Crippen LogP contribution >= 0.6 is 0 Å². The number of hydrogen-bond donors (Lipinski definition) is 0. The van der Waals surface area contributed by atoms with Crippen LogP contribution in [0.5, 0.6) is 0 Å². The molecule has 2 aromatic rings. The van der Waals surface area contributed by atoms with Gasteiger partial charge in [0.05, 0.1) is 23.1 Å². The fourth-order valence-corrected chi connectivity index (χ4v) is 4.03. The Kier molecular flexibility index (Phi) is 7.54. The summed E-state index contributed by atoms with van der Waals surface area (Å²) >= 11 is 0. The molecule has 8 heteroatoms. The van der Waals surface area contributed by atoms with Gasteiger partial charge in [0, 0.05) is 13.1 Å². The van der Waals surface area contributed by atoms with Crippen LogP contribution in [-0.2, 0) is 0 Å². The quantitative estimate of drug-likeness (QED) is 0.566. The third kappa shape index (κ3) is 4.69. The first-order chi connectivity index (χ1) is 14.9. The van der Waals surface area contributed by atoms with Gasteiger partial charge in [-0.3, -0.25) is 4.90 Å². The summed E-state index contributed by atoms with van der Waals surface area (Å²) in [4.78, 5) is 14.3. The highest BCUT2D eigenvalue weighted by Gasteiger charge is 2.30. The van der Waals surface area contributed by atoms with Crippen molar-refractivity contribution in [2.45, 2.75) is 67.3 Å². The largest absolute Gasteiger partial charge is 0.357 e. The average Bonchev–Trinajstić information content (AvgIpc) is 3.29. The Labute approximate surface area is 186 Å². The molecule has 0 saturated carbocycles. The normalized spacial score (nSPS) is 15.5. The molecule has 31 heavy (non-hydrogen) atoms. The third-order valence-corrected chi connectivity index (χ3v) is 5.78. The van der Waals surface area contributed by atoms with E-state index in [1.165, 1.54) is 0 Å². The topological polar surface area (TPSA) is 74.8 Å². The standard InChI is InChI=1S/C23H36N8/c1-8-14-30(15-9-2)18(7)22-26-27-23-21(17(6)28-31(22)23)25-19-12-13-20(24-16(19)5)29(10-3)11-4/h12-13,18H,8-11,14-15H2,1-7H3. The first-order valence-corrected chi connectivity index (χ1v) is 11.5. The molecule has 0 N–H and O–H groups in total. The highest BCUT2D eigenvalue weighted by Crippen LogP contribution is 2.26. The van der Waals surface area contributed by atoms with Crippen molar-refractivity contribution in [2.24, 2.45) is 10.1 Å². The zero-order valence-electron chi connectivity index (χ0n) is 20.1. The van der Waals surface area contributed by atoms with E-state index in [9.17, 15) is 0 Å². The van der Waals surface area contributed by atoms with Crippen LogP contribution in [0.4, 0.5) is 11.5 Å². The minimum Gasteiger partial charge on any atom is -0.357 e. The molecule has 8 nitrogen and oxygen atoms in total. The van der Waals surface area contributed by atoms with Gasteiger partial charge < -0.3 is 4.90 Å². The maximum absolute atomic E-state index is 4.89. The van der Waals surface area contributed by atoms with E-state index in [1.54, 1.807) is 0 Å². The number of aryl methyl sites for hydroxylation is 1. The van der Waals surface area contributed by atoms with Gasteiger partial charge in [0.1, 0.15) is 11.5 Å². The zero-order chi connectivity index (χ0) is 22.5. The summed E-state index contributed by atoms with van der Waals surface area (Å²) in [7, 11) is 0. The maximum atomic E-state index is 4.89. The highest BCUT2D eigenvalue weighted by atomic mass is 15.5. The van der Waals surface area contributed by atoms with Crippen molar-refractivity contribution in [1.82, 2.24) is 24.8 Å². The van der Waals surface area contributed by atoms with Crippen LogP contribution in [-0.4, -0.2) is 62.4 Å². The first-order valence-electron chi connectivity index (χ1n) is 11.5. The van der Waals surface area contributed by atoms with E-state index in [-0.39, 0.29) is 6.04 Å². The summed E-state index contributed by atoms with van der Waals surface area (Å²) in [6.45, 7) is 18.8. The van der Waals surface area contributed by atoms with Gasteiger partial charge in [-0.25, -0.2) is 9.98 Å². The van der Waals surface area contributed by atoms with E-state index in [0.29, 0.717) is 5.82 Å². The van der Waals surface area contributed by atoms with Gasteiger partial charge in [0.15, 0.2) is 5.82 Å². The molecule has 3 heterocycles. The minimum absolute atomic E-state index is 0.147. The second-order valence-corrected chi connectivity index (χ2v) is 8.00. The molecular weight excluding hydrogens is 388 g/mol. The van der Waals surface area contributed by atoms with Gasteiger partial charge in [-0.1, -0.05) is 13.8 Å². The predicted molar refractivity (Wildman–Crippen MR) is 128 cm³/mol. The molecular formula is C23H36N8. The molecule has 1 unspecified atom stereocenters. The summed E-state index contributed by atoms with van der Waals surface area (Å²) < 4.78 is 1.87. The summed E-state index contributed by atoms with van der Waals surface area (Å²) in [5.74, 6) is 2.56. The van der Waals surface area contributed by atoms with Crippen LogP contribution in [0.15, 0.2) is 22.2 Å². The molecule has 168 valence electrons. The molecule has 3 rings (SSSR count). The lowest BCUT2D eigenvalue weighted by Crippen LogP contribution is -2.30. The number of pyridine rings is 1. The van der Waals surface area contributed by atoms with Crippen LogP contribution in [0.1, 0.15) is 77.8 Å². The van der Waals surface area contributed by atoms with Gasteiger partial charge in [-0.2, -0.15) is 9.78 Å². The van der Waals surface area contributed by atoms with E-state index < -0.39 is 0 Å². The summed E-state index contributed by atoms with van der Waals surface area (Å²) in [6.07, 6.45) is 2.21. The van der Waals surface area contributed by atoms with E-state index in [4.69, 9.17) is 15.1 Å².